The van der Waals surface area contributed by atoms with Gasteiger partial charge in [0.1, 0.15) is 5.58 Å². The lowest BCUT2D eigenvalue weighted by Gasteiger charge is -2.24. The van der Waals surface area contributed by atoms with Crippen molar-refractivity contribution >= 4 is 34.4 Å². The van der Waals surface area contributed by atoms with Gasteiger partial charge in [-0.05, 0) is 36.2 Å². The van der Waals surface area contributed by atoms with Crippen molar-refractivity contribution in [1.82, 2.24) is 4.90 Å². The first kappa shape index (κ1) is 18.6. The molecule has 1 N–H and O–H groups in total. The van der Waals surface area contributed by atoms with Crippen LogP contribution in [-0.2, 0) is 16.1 Å². The fourth-order valence-electron chi connectivity index (χ4n) is 3.26. The molecule has 7 heteroatoms. The first-order valence-corrected chi connectivity index (χ1v) is 9.27. The molecule has 0 aliphatic carbocycles. The van der Waals surface area contributed by atoms with Crippen LogP contribution < -0.4 is 10.7 Å². The second-order valence-corrected chi connectivity index (χ2v) is 6.85. The number of nitrogens with zero attached hydrogens (tertiary/aromatic N) is 1. The summed E-state index contributed by atoms with van der Waals surface area (Å²) in [5.74, 6) is -0.945. The molecule has 1 fully saturated rings. The molecule has 0 radical (unpaired) electrons. The highest BCUT2D eigenvalue weighted by Crippen LogP contribution is 2.18. The molecule has 146 valence electrons. The number of imide groups is 1. The van der Waals surface area contributed by atoms with Crippen LogP contribution in [-0.4, -0.2) is 22.6 Å². The Bertz CT molecular complexity index is 1150. The summed E-state index contributed by atoms with van der Waals surface area (Å²) in [6.07, 6.45) is 1.37. The molecule has 29 heavy (non-hydrogen) atoms. The fraction of sp³-hybridized carbons (Fsp3) is 0.182. The molecule has 0 saturated carbocycles. The van der Waals surface area contributed by atoms with Crippen molar-refractivity contribution in [3.8, 4) is 0 Å². The topological polar surface area (TPSA) is 96.7 Å². The van der Waals surface area contributed by atoms with E-state index >= 15 is 0 Å². The SMILES string of the molecule is O=C(Nc1ccc(CN2C(=O)CCCC2=O)cc1)c1cc(=O)c2ccccc2o1. The largest absolute Gasteiger partial charge is 0.451 e. The number of piperidine rings is 1. The summed E-state index contributed by atoms with van der Waals surface area (Å²) in [6.45, 7) is 0.214. The molecule has 0 bridgehead atoms. The van der Waals surface area contributed by atoms with Crippen LogP contribution in [0.2, 0.25) is 0 Å². The van der Waals surface area contributed by atoms with Crippen molar-refractivity contribution in [2.45, 2.75) is 25.8 Å². The Balaban J connectivity index is 1.47. The monoisotopic (exact) mass is 390 g/mol. The Morgan fingerprint density at radius 1 is 0.966 bits per heavy atom. The zero-order chi connectivity index (χ0) is 20.4. The van der Waals surface area contributed by atoms with Gasteiger partial charge >= 0.3 is 0 Å². The van der Waals surface area contributed by atoms with E-state index in [1.165, 1.54) is 11.0 Å². The van der Waals surface area contributed by atoms with Crippen molar-refractivity contribution in [2.24, 2.45) is 0 Å². The minimum absolute atomic E-state index is 0.0812. The van der Waals surface area contributed by atoms with Crippen molar-refractivity contribution in [2.75, 3.05) is 5.32 Å². The maximum Gasteiger partial charge on any atom is 0.291 e. The van der Waals surface area contributed by atoms with Gasteiger partial charge in [-0.2, -0.15) is 0 Å². The highest BCUT2D eigenvalue weighted by molar-refractivity contribution is 6.03. The highest BCUT2D eigenvalue weighted by atomic mass is 16.3. The summed E-state index contributed by atoms with van der Waals surface area (Å²) in [7, 11) is 0. The van der Waals surface area contributed by atoms with E-state index in [0.29, 0.717) is 35.9 Å². The van der Waals surface area contributed by atoms with Gasteiger partial charge in [0.2, 0.25) is 11.8 Å². The lowest BCUT2D eigenvalue weighted by atomic mass is 10.1. The maximum atomic E-state index is 12.5. The Morgan fingerprint density at radius 2 is 1.66 bits per heavy atom. The summed E-state index contributed by atoms with van der Waals surface area (Å²) >= 11 is 0. The minimum atomic E-state index is -0.540. The number of carbonyl (C=O) groups is 3. The van der Waals surface area contributed by atoms with E-state index in [1.54, 1.807) is 48.5 Å². The third-order valence-electron chi connectivity index (χ3n) is 4.79. The number of nitrogens with one attached hydrogen (secondary N) is 1. The molecule has 4 rings (SSSR count). The number of para-hydroxylation sites is 1. The van der Waals surface area contributed by atoms with E-state index in [-0.39, 0.29) is 29.5 Å². The molecular formula is C22H18N2O5. The van der Waals surface area contributed by atoms with Gasteiger partial charge in [-0.15, -0.1) is 0 Å². The Morgan fingerprint density at radius 3 is 2.38 bits per heavy atom. The van der Waals surface area contributed by atoms with Crippen LogP contribution >= 0.6 is 0 Å². The molecule has 1 aliphatic heterocycles. The lowest BCUT2D eigenvalue weighted by Crippen LogP contribution is -2.39. The molecule has 0 atom stereocenters. The maximum absolute atomic E-state index is 12.5. The number of rotatable bonds is 4. The molecule has 3 amide bonds. The number of hydrogen-bond acceptors (Lipinski definition) is 5. The zero-order valence-electron chi connectivity index (χ0n) is 15.5. The highest BCUT2D eigenvalue weighted by Gasteiger charge is 2.25. The summed E-state index contributed by atoms with van der Waals surface area (Å²) in [5, 5.41) is 3.09. The molecule has 2 heterocycles. The number of fused-ring (bicyclic) bond motifs is 1. The predicted molar refractivity (Wildman–Crippen MR) is 106 cm³/mol. The van der Waals surface area contributed by atoms with Crippen LogP contribution in [0.3, 0.4) is 0 Å². The summed E-state index contributed by atoms with van der Waals surface area (Å²) in [6, 6.07) is 14.7. The van der Waals surface area contributed by atoms with Gasteiger partial charge in [-0.25, -0.2) is 0 Å². The summed E-state index contributed by atoms with van der Waals surface area (Å²) in [5.41, 5.74) is 1.34. The summed E-state index contributed by atoms with van der Waals surface area (Å²) in [4.78, 5) is 49.7. The fourth-order valence-corrected chi connectivity index (χ4v) is 3.26. The van der Waals surface area contributed by atoms with Crippen LogP contribution in [0.25, 0.3) is 11.0 Å². The Kier molecular flexibility index (Phi) is 4.95. The van der Waals surface area contributed by atoms with E-state index in [4.69, 9.17) is 4.42 Å². The molecule has 0 spiro atoms. The molecule has 7 nitrogen and oxygen atoms in total. The van der Waals surface area contributed by atoms with Crippen LogP contribution in [0.4, 0.5) is 5.69 Å². The van der Waals surface area contributed by atoms with E-state index in [9.17, 15) is 19.2 Å². The number of anilines is 1. The van der Waals surface area contributed by atoms with Crippen molar-refractivity contribution < 1.29 is 18.8 Å². The van der Waals surface area contributed by atoms with E-state index in [0.717, 1.165) is 5.56 Å². The van der Waals surface area contributed by atoms with Crippen molar-refractivity contribution in [3.63, 3.8) is 0 Å². The lowest BCUT2D eigenvalue weighted by molar-refractivity contribution is -0.148. The second kappa shape index (κ2) is 7.71. The van der Waals surface area contributed by atoms with Gasteiger partial charge in [0.25, 0.3) is 5.91 Å². The summed E-state index contributed by atoms with van der Waals surface area (Å²) < 4.78 is 5.53. The first-order chi connectivity index (χ1) is 14.0. The van der Waals surface area contributed by atoms with Gasteiger partial charge in [0.05, 0.1) is 11.9 Å². The minimum Gasteiger partial charge on any atom is -0.451 e. The number of amides is 3. The molecule has 1 saturated heterocycles. The third kappa shape index (κ3) is 3.94. The van der Waals surface area contributed by atoms with Gasteiger partial charge < -0.3 is 9.73 Å². The quantitative estimate of drug-likeness (QED) is 0.691. The normalized spacial score (nSPS) is 14.3. The van der Waals surface area contributed by atoms with Gasteiger partial charge in [-0.1, -0.05) is 24.3 Å². The van der Waals surface area contributed by atoms with Crippen LogP contribution in [0, 0.1) is 0 Å². The number of hydrogen-bond donors (Lipinski definition) is 1. The predicted octanol–water partition coefficient (Wildman–Crippen LogP) is 3.08. The van der Waals surface area contributed by atoms with Gasteiger partial charge in [0.15, 0.2) is 11.2 Å². The standard InChI is InChI=1S/C22H18N2O5/c25-17-12-19(29-18-5-2-1-4-16(17)18)22(28)23-15-10-8-14(9-11-15)13-24-20(26)6-3-7-21(24)27/h1-2,4-5,8-12H,3,6-7,13H2,(H,23,28). The van der Waals surface area contributed by atoms with E-state index in [1.807, 2.05) is 0 Å². The third-order valence-corrected chi connectivity index (χ3v) is 4.79. The van der Waals surface area contributed by atoms with E-state index in [2.05, 4.69) is 5.32 Å². The molecule has 1 aliphatic rings. The van der Waals surface area contributed by atoms with Crippen LogP contribution in [0.5, 0.6) is 0 Å². The van der Waals surface area contributed by atoms with Crippen LogP contribution in [0.1, 0.15) is 35.4 Å². The average Bonchev–Trinajstić information content (AvgIpc) is 2.72. The smallest absolute Gasteiger partial charge is 0.291 e. The van der Waals surface area contributed by atoms with E-state index < -0.39 is 5.91 Å². The number of benzene rings is 2. The zero-order valence-corrected chi connectivity index (χ0v) is 15.5. The van der Waals surface area contributed by atoms with Gasteiger partial charge in [-0.3, -0.25) is 24.1 Å². The number of carbonyl (C=O) groups excluding carboxylic acids is 3. The second-order valence-electron chi connectivity index (χ2n) is 6.85. The van der Waals surface area contributed by atoms with Gasteiger partial charge in [0, 0.05) is 24.6 Å². The molecule has 0 unspecified atom stereocenters. The van der Waals surface area contributed by atoms with Crippen molar-refractivity contribution in [3.05, 3.63) is 76.1 Å². The first-order valence-electron chi connectivity index (χ1n) is 9.27. The molecule has 1 aromatic heterocycles. The van der Waals surface area contributed by atoms with Crippen LogP contribution in [0.15, 0.2) is 63.8 Å². The molecule has 2 aromatic carbocycles. The Labute approximate surface area is 165 Å². The average molecular weight is 390 g/mol. The Hall–Kier alpha value is -3.74. The number of likely N-dealkylation sites (tertiary alicyclic amines) is 1. The molecular weight excluding hydrogens is 372 g/mol. The molecule has 3 aromatic rings. The van der Waals surface area contributed by atoms with Crippen molar-refractivity contribution in [1.29, 1.82) is 0 Å².